The summed E-state index contributed by atoms with van der Waals surface area (Å²) in [5.74, 6) is -1.45. The maximum absolute atomic E-state index is 12.8. The normalized spacial score (nSPS) is 17.2. The summed E-state index contributed by atoms with van der Waals surface area (Å²) in [6.45, 7) is 0. The maximum Gasteiger partial charge on any atom is 0.329 e. The predicted octanol–water partition coefficient (Wildman–Crippen LogP) is 2.82. The van der Waals surface area contributed by atoms with Crippen LogP contribution in [0.3, 0.4) is 0 Å². The van der Waals surface area contributed by atoms with Crippen LogP contribution in [-0.4, -0.2) is 28.3 Å². The molecule has 1 amide bonds. The predicted molar refractivity (Wildman–Crippen MR) is 78.7 cm³/mol. The quantitative estimate of drug-likeness (QED) is 0.821. The molecule has 0 bridgehead atoms. The first kappa shape index (κ1) is 15.8. The van der Waals surface area contributed by atoms with Crippen LogP contribution in [0.25, 0.3) is 0 Å². The van der Waals surface area contributed by atoms with Crippen LogP contribution in [0.5, 0.6) is 0 Å². The molecule has 1 saturated carbocycles. The van der Waals surface area contributed by atoms with Gasteiger partial charge in [-0.25, -0.2) is 9.18 Å². The Labute approximate surface area is 127 Å². The number of aliphatic carboxylic acids is 1. The van der Waals surface area contributed by atoms with Gasteiger partial charge in [-0.2, -0.15) is 0 Å². The minimum atomic E-state index is -1.11. The fraction of sp³-hybridized carbons (Fsp3) is 0.467. The topological polar surface area (TPSA) is 66.4 Å². The number of rotatable bonds is 5. The highest BCUT2D eigenvalue weighted by molar-refractivity contribution is 8.00. The van der Waals surface area contributed by atoms with Crippen molar-refractivity contribution in [2.45, 2.75) is 42.5 Å². The zero-order valence-electron chi connectivity index (χ0n) is 11.6. The number of carbonyl (C=O) groups excluding carboxylic acids is 1. The smallest absolute Gasteiger partial charge is 0.329 e. The maximum atomic E-state index is 12.8. The number of carboxylic acid groups (broad SMARTS) is 1. The Kier molecular flexibility index (Phi) is 5.22. The van der Waals surface area contributed by atoms with Gasteiger partial charge in [-0.1, -0.05) is 19.3 Å². The summed E-state index contributed by atoms with van der Waals surface area (Å²) in [6.07, 6.45) is 3.61. The Morgan fingerprint density at radius 3 is 2.38 bits per heavy atom. The van der Waals surface area contributed by atoms with Gasteiger partial charge in [0.2, 0.25) is 5.91 Å². The summed E-state index contributed by atoms with van der Waals surface area (Å²) < 4.78 is 12.8. The van der Waals surface area contributed by atoms with Crippen molar-refractivity contribution in [3.8, 4) is 0 Å². The van der Waals surface area contributed by atoms with Crippen LogP contribution in [0.2, 0.25) is 0 Å². The molecule has 0 spiro atoms. The molecular weight excluding hydrogens is 293 g/mol. The summed E-state index contributed by atoms with van der Waals surface area (Å²) >= 11 is 1.26. The highest BCUT2D eigenvalue weighted by Crippen LogP contribution is 2.29. The lowest BCUT2D eigenvalue weighted by Crippen LogP contribution is -2.56. The van der Waals surface area contributed by atoms with Crippen molar-refractivity contribution in [1.82, 2.24) is 5.32 Å². The Hall–Kier alpha value is -1.56. The molecule has 114 valence electrons. The van der Waals surface area contributed by atoms with Gasteiger partial charge in [-0.15, -0.1) is 11.8 Å². The van der Waals surface area contributed by atoms with Crippen LogP contribution in [0.4, 0.5) is 4.39 Å². The second-order valence-electron chi connectivity index (χ2n) is 5.24. The van der Waals surface area contributed by atoms with Gasteiger partial charge >= 0.3 is 5.97 Å². The van der Waals surface area contributed by atoms with Crippen molar-refractivity contribution >= 4 is 23.6 Å². The summed E-state index contributed by atoms with van der Waals surface area (Å²) in [4.78, 5) is 24.2. The van der Waals surface area contributed by atoms with Crippen LogP contribution < -0.4 is 5.32 Å². The lowest BCUT2D eigenvalue weighted by atomic mass is 9.81. The Morgan fingerprint density at radius 1 is 1.19 bits per heavy atom. The van der Waals surface area contributed by atoms with Gasteiger partial charge in [-0.05, 0) is 37.1 Å². The fourth-order valence-corrected chi connectivity index (χ4v) is 3.23. The highest BCUT2D eigenvalue weighted by Gasteiger charge is 2.40. The molecule has 1 fully saturated rings. The van der Waals surface area contributed by atoms with Crippen molar-refractivity contribution in [3.05, 3.63) is 30.1 Å². The molecule has 0 atom stereocenters. The molecule has 2 N–H and O–H groups in total. The Morgan fingerprint density at radius 2 is 1.81 bits per heavy atom. The lowest BCUT2D eigenvalue weighted by Gasteiger charge is -2.33. The SMILES string of the molecule is O=C(CSc1ccc(F)cc1)NC1(C(=O)O)CCCCC1. The zero-order chi connectivity index (χ0) is 15.3. The molecule has 1 aliphatic rings. The van der Waals surface area contributed by atoms with E-state index >= 15 is 0 Å². The molecule has 6 heteroatoms. The van der Waals surface area contributed by atoms with E-state index in [1.165, 1.54) is 23.9 Å². The molecule has 2 rings (SSSR count). The lowest BCUT2D eigenvalue weighted by molar-refractivity contribution is -0.148. The van der Waals surface area contributed by atoms with Crippen LogP contribution in [0, 0.1) is 5.82 Å². The van der Waals surface area contributed by atoms with Gasteiger partial charge in [0.15, 0.2) is 0 Å². The molecule has 21 heavy (non-hydrogen) atoms. The van der Waals surface area contributed by atoms with E-state index in [0.29, 0.717) is 12.8 Å². The number of halogens is 1. The Bertz CT molecular complexity index is 512. The summed E-state index contributed by atoms with van der Waals surface area (Å²) in [5.41, 5.74) is -1.11. The van der Waals surface area contributed by atoms with Crippen LogP contribution in [-0.2, 0) is 9.59 Å². The van der Waals surface area contributed by atoms with E-state index in [-0.39, 0.29) is 17.5 Å². The number of carboxylic acids is 1. The van der Waals surface area contributed by atoms with E-state index < -0.39 is 11.5 Å². The average Bonchev–Trinajstić information content (AvgIpc) is 2.47. The first-order valence-electron chi connectivity index (χ1n) is 6.95. The molecule has 0 unspecified atom stereocenters. The van der Waals surface area contributed by atoms with E-state index in [0.717, 1.165) is 24.2 Å². The van der Waals surface area contributed by atoms with Crippen LogP contribution in [0.1, 0.15) is 32.1 Å². The molecular formula is C15H18FNO3S. The third-order valence-electron chi connectivity index (χ3n) is 3.68. The molecule has 0 saturated heterocycles. The largest absolute Gasteiger partial charge is 0.480 e. The monoisotopic (exact) mass is 311 g/mol. The zero-order valence-corrected chi connectivity index (χ0v) is 12.4. The summed E-state index contributed by atoms with van der Waals surface area (Å²) in [5, 5.41) is 12.1. The minimum absolute atomic E-state index is 0.126. The van der Waals surface area contributed by atoms with E-state index in [2.05, 4.69) is 5.32 Å². The van der Waals surface area contributed by atoms with Crippen molar-refractivity contribution in [1.29, 1.82) is 0 Å². The van der Waals surface area contributed by atoms with Crippen molar-refractivity contribution in [3.63, 3.8) is 0 Å². The van der Waals surface area contributed by atoms with E-state index in [4.69, 9.17) is 0 Å². The van der Waals surface area contributed by atoms with Gasteiger partial charge in [0.1, 0.15) is 11.4 Å². The second-order valence-corrected chi connectivity index (χ2v) is 6.29. The summed E-state index contributed by atoms with van der Waals surface area (Å²) in [7, 11) is 0. The van der Waals surface area contributed by atoms with Crippen LogP contribution in [0.15, 0.2) is 29.2 Å². The molecule has 0 aliphatic heterocycles. The molecule has 0 heterocycles. The minimum Gasteiger partial charge on any atom is -0.480 e. The molecule has 1 aliphatic carbocycles. The number of amides is 1. The second kappa shape index (κ2) is 6.93. The molecule has 1 aromatic rings. The van der Waals surface area contributed by atoms with Gasteiger partial charge in [0.25, 0.3) is 0 Å². The average molecular weight is 311 g/mol. The van der Waals surface area contributed by atoms with Crippen molar-refractivity contribution < 1.29 is 19.1 Å². The van der Waals surface area contributed by atoms with Crippen molar-refractivity contribution in [2.75, 3.05) is 5.75 Å². The number of hydrogen-bond acceptors (Lipinski definition) is 3. The third kappa shape index (κ3) is 4.20. The van der Waals surface area contributed by atoms with Gasteiger partial charge < -0.3 is 10.4 Å². The number of thioether (sulfide) groups is 1. The number of hydrogen-bond donors (Lipinski definition) is 2. The highest BCUT2D eigenvalue weighted by atomic mass is 32.2. The molecule has 4 nitrogen and oxygen atoms in total. The summed E-state index contributed by atoms with van der Waals surface area (Å²) in [6, 6.07) is 5.86. The molecule has 1 aromatic carbocycles. The van der Waals surface area contributed by atoms with Gasteiger partial charge in [-0.3, -0.25) is 4.79 Å². The fourth-order valence-electron chi connectivity index (χ4n) is 2.53. The molecule has 0 radical (unpaired) electrons. The standard InChI is InChI=1S/C15H18FNO3S/c16-11-4-6-12(7-5-11)21-10-13(18)17-15(14(19)20)8-2-1-3-9-15/h4-7H,1-3,8-10H2,(H,17,18)(H,19,20). The third-order valence-corrected chi connectivity index (χ3v) is 4.69. The van der Waals surface area contributed by atoms with E-state index in [1.807, 2.05) is 0 Å². The first-order chi connectivity index (χ1) is 10.0. The number of carbonyl (C=O) groups is 2. The number of benzene rings is 1. The Balaban J connectivity index is 1.90. The van der Waals surface area contributed by atoms with Crippen molar-refractivity contribution in [2.24, 2.45) is 0 Å². The van der Waals surface area contributed by atoms with E-state index in [9.17, 15) is 19.1 Å². The van der Waals surface area contributed by atoms with E-state index in [1.54, 1.807) is 12.1 Å². The molecule has 0 aromatic heterocycles. The first-order valence-corrected chi connectivity index (χ1v) is 7.93. The van der Waals surface area contributed by atoms with Gasteiger partial charge in [0, 0.05) is 4.90 Å². The van der Waals surface area contributed by atoms with Gasteiger partial charge in [0.05, 0.1) is 5.75 Å². The number of nitrogens with one attached hydrogen (secondary N) is 1. The van der Waals surface area contributed by atoms with Crippen LogP contribution >= 0.6 is 11.8 Å².